The van der Waals surface area contributed by atoms with Crippen LogP contribution in [-0.4, -0.2) is 23.8 Å². The third-order valence-corrected chi connectivity index (χ3v) is 5.99. The molecule has 0 bridgehead atoms. The van der Waals surface area contributed by atoms with Gasteiger partial charge in [-0.05, 0) is 53.1 Å². The average molecular weight is 523 g/mol. The van der Waals surface area contributed by atoms with Gasteiger partial charge in [0, 0.05) is 39.7 Å². The molecule has 150 valence electrons. The first kappa shape index (κ1) is 21.0. The summed E-state index contributed by atoms with van der Waals surface area (Å²) in [6, 6.07) is 26.5. The topological polar surface area (TPSA) is 20.3 Å². The Morgan fingerprint density at radius 1 is 0.733 bits per heavy atom. The number of carbonyl (C=O) groups is 1. The van der Waals surface area contributed by atoms with E-state index in [2.05, 4.69) is 61.0 Å². The van der Waals surface area contributed by atoms with Crippen LogP contribution < -0.4 is 0 Å². The number of rotatable bonds is 4. The lowest BCUT2D eigenvalue weighted by atomic mass is 9.94. The zero-order valence-electron chi connectivity index (χ0n) is 16.4. The largest absolute Gasteiger partial charge is 0.290 e. The fourth-order valence-corrected chi connectivity index (χ4v) is 4.49. The van der Waals surface area contributed by atoms with Crippen molar-refractivity contribution in [1.29, 1.82) is 0 Å². The fourth-order valence-electron chi connectivity index (χ4n) is 3.66. The lowest BCUT2D eigenvalue weighted by Crippen LogP contribution is -2.37. The summed E-state index contributed by atoms with van der Waals surface area (Å²) >= 11 is 7.04. The average Bonchev–Trinajstić information content (AvgIpc) is 2.72. The van der Waals surface area contributed by atoms with Crippen molar-refractivity contribution in [2.24, 2.45) is 0 Å². The van der Waals surface area contributed by atoms with E-state index in [-0.39, 0.29) is 5.78 Å². The fraction of sp³-hybridized carbons (Fsp3) is 0.115. The molecule has 2 nitrogen and oxygen atoms in total. The monoisotopic (exact) mass is 521 g/mol. The Kier molecular flexibility index (Phi) is 6.78. The maximum absolute atomic E-state index is 13.3. The van der Waals surface area contributed by atoms with Crippen LogP contribution in [0.1, 0.15) is 16.7 Å². The summed E-state index contributed by atoms with van der Waals surface area (Å²) in [7, 11) is 0. The number of Topliss-reactive ketones (excluding diaryl/α,β-unsaturated/α-hetero) is 1. The summed E-state index contributed by atoms with van der Waals surface area (Å²) in [4.78, 5) is 15.6. The Morgan fingerprint density at radius 2 is 1.27 bits per heavy atom. The minimum absolute atomic E-state index is 0.124. The van der Waals surface area contributed by atoms with Crippen molar-refractivity contribution in [1.82, 2.24) is 4.90 Å². The van der Waals surface area contributed by atoms with Crippen LogP contribution in [0.4, 0.5) is 0 Å². The number of carbonyl (C=O) groups excluding carboxylic acids is 1. The highest BCUT2D eigenvalue weighted by Gasteiger charge is 2.26. The van der Waals surface area contributed by atoms with Gasteiger partial charge in [0.15, 0.2) is 5.78 Å². The number of hydrogen-bond donors (Lipinski definition) is 0. The minimum atomic E-state index is 0.124. The summed E-state index contributed by atoms with van der Waals surface area (Å²) in [6.07, 6.45) is 4.03. The highest BCUT2D eigenvalue weighted by Crippen LogP contribution is 2.25. The number of piperidine rings is 1. The van der Waals surface area contributed by atoms with E-state index in [0.717, 1.165) is 37.8 Å². The molecule has 1 heterocycles. The number of hydrogen-bond acceptors (Lipinski definition) is 2. The van der Waals surface area contributed by atoms with E-state index in [1.165, 1.54) is 5.56 Å². The Bertz CT molecular complexity index is 1050. The molecule has 0 saturated carbocycles. The van der Waals surface area contributed by atoms with E-state index < -0.39 is 0 Å². The van der Waals surface area contributed by atoms with Crippen molar-refractivity contribution < 1.29 is 4.79 Å². The highest BCUT2D eigenvalue weighted by atomic mass is 79.9. The van der Waals surface area contributed by atoms with Crippen LogP contribution in [0, 0.1) is 0 Å². The first-order valence-corrected chi connectivity index (χ1v) is 11.4. The molecule has 3 aromatic rings. The Labute approximate surface area is 194 Å². The van der Waals surface area contributed by atoms with Crippen molar-refractivity contribution in [3.8, 4) is 0 Å². The van der Waals surface area contributed by atoms with Crippen LogP contribution in [0.5, 0.6) is 0 Å². The molecule has 0 atom stereocenters. The van der Waals surface area contributed by atoms with E-state index in [1.54, 1.807) is 0 Å². The first-order chi connectivity index (χ1) is 14.6. The zero-order valence-corrected chi connectivity index (χ0v) is 19.6. The molecule has 0 aromatic heterocycles. The summed E-state index contributed by atoms with van der Waals surface area (Å²) in [5.41, 5.74) is 4.93. The van der Waals surface area contributed by atoms with Crippen LogP contribution in [-0.2, 0) is 11.3 Å². The molecule has 1 saturated heterocycles. The second-order valence-corrected chi connectivity index (χ2v) is 9.24. The van der Waals surface area contributed by atoms with Gasteiger partial charge in [-0.15, -0.1) is 0 Å². The zero-order chi connectivity index (χ0) is 20.9. The van der Waals surface area contributed by atoms with Gasteiger partial charge < -0.3 is 0 Å². The van der Waals surface area contributed by atoms with Gasteiger partial charge in [-0.2, -0.15) is 0 Å². The van der Waals surface area contributed by atoms with Gasteiger partial charge in [-0.25, -0.2) is 0 Å². The molecule has 4 heteroatoms. The van der Waals surface area contributed by atoms with E-state index in [1.807, 2.05) is 66.7 Å². The maximum Gasteiger partial charge on any atom is 0.187 e. The van der Waals surface area contributed by atoms with E-state index in [4.69, 9.17) is 0 Å². The molecule has 1 fully saturated rings. The smallest absolute Gasteiger partial charge is 0.187 e. The molecule has 0 N–H and O–H groups in total. The third-order valence-electron chi connectivity index (χ3n) is 5.00. The van der Waals surface area contributed by atoms with Gasteiger partial charge in [0.2, 0.25) is 0 Å². The van der Waals surface area contributed by atoms with Gasteiger partial charge in [-0.1, -0.05) is 86.5 Å². The lowest BCUT2D eigenvalue weighted by molar-refractivity contribution is -0.113. The third kappa shape index (κ3) is 5.45. The minimum Gasteiger partial charge on any atom is -0.290 e. The number of benzene rings is 3. The second-order valence-electron chi connectivity index (χ2n) is 7.41. The van der Waals surface area contributed by atoms with Gasteiger partial charge in [0.25, 0.3) is 0 Å². The van der Waals surface area contributed by atoms with Crippen LogP contribution >= 0.6 is 31.9 Å². The van der Waals surface area contributed by atoms with Crippen LogP contribution in [0.3, 0.4) is 0 Å². The van der Waals surface area contributed by atoms with E-state index in [9.17, 15) is 4.79 Å². The van der Waals surface area contributed by atoms with Crippen LogP contribution in [0.25, 0.3) is 12.2 Å². The Hall–Kier alpha value is -2.27. The maximum atomic E-state index is 13.3. The van der Waals surface area contributed by atoms with Crippen molar-refractivity contribution in [3.63, 3.8) is 0 Å². The molecule has 3 aromatic carbocycles. The van der Waals surface area contributed by atoms with Crippen molar-refractivity contribution in [3.05, 3.63) is 116 Å². The molecule has 1 aliphatic heterocycles. The molecule has 0 aliphatic carbocycles. The van der Waals surface area contributed by atoms with Crippen LogP contribution in [0.2, 0.25) is 0 Å². The van der Waals surface area contributed by atoms with Gasteiger partial charge in [0.05, 0.1) is 0 Å². The molecular weight excluding hydrogens is 502 g/mol. The predicted molar refractivity (Wildman–Crippen MR) is 131 cm³/mol. The van der Waals surface area contributed by atoms with Crippen molar-refractivity contribution in [2.45, 2.75) is 6.54 Å². The summed E-state index contributed by atoms with van der Waals surface area (Å²) in [6.45, 7) is 2.08. The molecule has 1 aliphatic rings. The highest BCUT2D eigenvalue weighted by molar-refractivity contribution is 9.10. The quantitative estimate of drug-likeness (QED) is 0.352. The first-order valence-electron chi connectivity index (χ1n) is 9.80. The second kappa shape index (κ2) is 9.69. The van der Waals surface area contributed by atoms with E-state index >= 15 is 0 Å². The summed E-state index contributed by atoms with van der Waals surface area (Å²) in [5, 5.41) is 0. The summed E-state index contributed by atoms with van der Waals surface area (Å²) < 4.78 is 2.01. The molecule has 0 spiro atoms. The molecule has 30 heavy (non-hydrogen) atoms. The molecule has 4 rings (SSSR count). The predicted octanol–water partition coefficient (Wildman–Crippen LogP) is 6.76. The van der Waals surface area contributed by atoms with Crippen molar-refractivity contribution in [2.75, 3.05) is 13.1 Å². The molecule has 0 radical (unpaired) electrons. The normalized spacial score (nSPS) is 17.6. The van der Waals surface area contributed by atoms with E-state index in [0.29, 0.717) is 13.1 Å². The Morgan fingerprint density at radius 3 is 1.77 bits per heavy atom. The standard InChI is InChI=1S/C26H21Br2NO/c27-24-10-4-8-20(14-24)12-22-17-29(16-19-6-2-1-3-7-19)18-23(26(22)30)13-21-9-5-11-25(28)15-21/h1-15H,16-18H2. The lowest BCUT2D eigenvalue weighted by Gasteiger charge is -2.30. The van der Waals surface area contributed by atoms with Gasteiger partial charge >= 0.3 is 0 Å². The number of likely N-dealkylation sites (tertiary alicyclic amines) is 1. The molecule has 0 unspecified atom stereocenters. The number of nitrogens with zero attached hydrogens (tertiary/aromatic N) is 1. The number of ketones is 1. The Balaban J connectivity index is 1.69. The van der Waals surface area contributed by atoms with Gasteiger partial charge in [0.1, 0.15) is 0 Å². The number of halogens is 2. The summed E-state index contributed by atoms with van der Waals surface area (Å²) in [5.74, 6) is 0.124. The van der Waals surface area contributed by atoms with Crippen molar-refractivity contribution >= 4 is 49.8 Å². The van der Waals surface area contributed by atoms with Gasteiger partial charge in [-0.3, -0.25) is 9.69 Å². The SMILES string of the molecule is O=C1C(=Cc2cccc(Br)c2)CN(Cc2ccccc2)CC1=Cc1cccc(Br)c1. The molecular formula is C26H21Br2NO. The van der Waals surface area contributed by atoms with Crippen LogP contribution in [0.15, 0.2) is 99.0 Å². The molecule has 0 amide bonds.